The smallest absolute Gasteiger partial charge is 0.131 e. The van der Waals surface area contributed by atoms with E-state index in [9.17, 15) is 0 Å². The van der Waals surface area contributed by atoms with E-state index in [4.69, 9.17) is 4.74 Å². The molecule has 2 aromatic carbocycles. The van der Waals surface area contributed by atoms with Gasteiger partial charge in [-0.05, 0) is 105 Å². The zero-order valence-corrected chi connectivity index (χ0v) is 18.9. The monoisotopic (exact) mass is 418 g/mol. The summed E-state index contributed by atoms with van der Waals surface area (Å²) in [6.07, 6.45) is 16.3. The van der Waals surface area contributed by atoms with Gasteiger partial charge in [0, 0.05) is 5.56 Å². The molecule has 2 fully saturated rings. The first-order valence-electron chi connectivity index (χ1n) is 11.9. The minimum absolute atomic E-state index is 0.112. The molecule has 0 amide bonds. The Labute approximate surface area is 187 Å². The van der Waals surface area contributed by atoms with Gasteiger partial charge in [-0.2, -0.15) is 0 Å². The fourth-order valence-electron chi connectivity index (χ4n) is 5.67. The van der Waals surface area contributed by atoms with Crippen molar-refractivity contribution in [3.8, 4) is 16.9 Å². The zero-order valence-electron chi connectivity index (χ0n) is 18.9. The normalized spacial score (nSPS) is 26.3. The van der Waals surface area contributed by atoms with E-state index < -0.39 is 0 Å². The van der Waals surface area contributed by atoms with E-state index in [1.54, 1.807) is 6.07 Å². The molecule has 2 saturated carbocycles. The highest BCUT2D eigenvalue weighted by molar-refractivity contribution is 5.65. The Morgan fingerprint density at radius 3 is 2.42 bits per heavy atom. The molecule has 4 atom stereocenters. The number of allylic oxidation sites excluding steroid dienone is 3. The SMILES string of the molecule is C/C=C/COc1ccc(-c2ccc(C3CCC4CC(/C=C/C)CCC4C3)cc2F)cc1. The molecule has 0 bridgehead atoms. The summed E-state index contributed by atoms with van der Waals surface area (Å²) in [5, 5.41) is 0. The van der Waals surface area contributed by atoms with Gasteiger partial charge in [0.2, 0.25) is 0 Å². The Bertz CT molecular complexity index is 911. The Morgan fingerprint density at radius 1 is 0.903 bits per heavy atom. The predicted molar refractivity (Wildman–Crippen MR) is 128 cm³/mol. The average Bonchev–Trinajstić information content (AvgIpc) is 2.80. The lowest BCUT2D eigenvalue weighted by molar-refractivity contribution is 0.133. The fourth-order valence-corrected chi connectivity index (χ4v) is 5.67. The summed E-state index contributed by atoms with van der Waals surface area (Å²) >= 11 is 0. The second-order valence-electron chi connectivity index (χ2n) is 9.27. The van der Waals surface area contributed by atoms with Crippen LogP contribution in [-0.2, 0) is 0 Å². The standard InChI is InChI=1S/C29H35FO/c1-3-5-17-31-27-14-11-22(12-15-27)28-16-13-26(20-29(28)30)25-10-9-23-18-21(6-4-2)7-8-24(23)19-25/h3-6,11-16,20-21,23-25H,7-10,17-19H2,1-2H3/b5-3+,6-4+. The van der Waals surface area contributed by atoms with Crippen LogP contribution in [0.3, 0.4) is 0 Å². The van der Waals surface area contributed by atoms with Crippen molar-refractivity contribution >= 4 is 0 Å². The highest BCUT2D eigenvalue weighted by Crippen LogP contribution is 2.48. The zero-order chi connectivity index (χ0) is 21.6. The molecule has 2 aliphatic rings. The molecule has 0 spiro atoms. The third kappa shape index (κ3) is 5.29. The second kappa shape index (κ2) is 10.3. The largest absolute Gasteiger partial charge is 0.490 e. The molecule has 0 saturated heterocycles. The lowest BCUT2D eigenvalue weighted by Crippen LogP contribution is -2.30. The number of rotatable bonds is 6. The first-order valence-corrected chi connectivity index (χ1v) is 11.9. The number of halogens is 1. The van der Waals surface area contributed by atoms with Crippen LogP contribution in [0.5, 0.6) is 5.75 Å². The molecular weight excluding hydrogens is 383 g/mol. The molecule has 164 valence electrons. The highest BCUT2D eigenvalue weighted by atomic mass is 19.1. The van der Waals surface area contributed by atoms with Crippen LogP contribution in [0.25, 0.3) is 11.1 Å². The molecule has 2 aliphatic carbocycles. The number of ether oxygens (including phenoxy) is 1. The summed E-state index contributed by atoms with van der Waals surface area (Å²) in [5.74, 6) is 3.66. The van der Waals surface area contributed by atoms with Crippen molar-refractivity contribution in [2.24, 2.45) is 17.8 Å². The van der Waals surface area contributed by atoms with Crippen LogP contribution in [0.15, 0.2) is 66.8 Å². The predicted octanol–water partition coefficient (Wildman–Crippen LogP) is 8.32. The van der Waals surface area contributed by atoms with Crippen LogP contribution in [0.1, 0.15) is 63.9 Å². The first-order chi connectivity index (χ1) is 15.2. The molecule has 4 rings (SSSR count). The van der Waals surface area contributed by atoms with Gasteiger partial charge in [-0.1, -0.05) is 48.6 Å². The maximum absolute atomic E-state index is 15.1. The number of benzene rings is 2. The van der Waals surface area contributed by atoms with E-state index in [0.29, 0.717) is 18.1 Å². The minimum Gasteiger partial charge on any atom is -0.490 e. The molecule has 1 nitrogen and oxygen atoms in total. The van der Waals surface area contributed by atoms with Gasteiger partial charge in [-0.15, -0.1) is 0 Å². The van der Waals surface area contributed by atoms with Crippen molar-refractivity contribution in [2.45, 2.75) is 58.3 Å². The number of hydrogen-bond donors (Lipinski definition) is 0. The molecule has 4 unspecified atom stereocenters. The summed E-state index contributed by atoms with van der Waals surface area (Å²) in [7, 11) is 0. The molecule has 0 heterocycles. The molecule has 0 N–H and O–H groups in total. The van der Waals surface area contributed by atoms with E-state index in [0.717, 1.165) is 29.1 Å². The van der Waals surface area contributed by atoms with Gasteiger partial charge in [-0.3, -0.25) is 0 Å². The molecular formula is C29H35FO. The topological polar surface area (TPSA) is 9.23 Å². The van der Waals surface area contributed by atoms with Crippen LogP contribution in [-0.4, -0.2) is 6.61 Å². The Kier molecular flexibility index (Phi) is 7.27. The van der Waals surface area contributed by atoms with Crippen LogP contribution < -0.4 is 4.74 Å². The highest BCUT2D eigenvalue weighted by Gasteiger charge is 2.35. The van der Waals surface area contributed by atoms with E-state index in [1.807, 2.05) is 49.4 Å². The number of hydrogen-bond acceptors (Lipinski definition) is 1. The van der Waals surface area contributed by atoms with Gasteiger partial charge >= 0.3 is 0 Å². The van der Waals surface area contributed by atoms with Gasteiger partial charge < -0.3 is 4.74 Å². The molecule has 0 aromatic heterocycles. The lowest BCUT2D eigenvalue weighted by atomic mass is 9.64. The molecule has 0 radical (unpaired) electrons. The summed E-state index contributed by atoms with van der Waals surface area (Å²) in [4.78, 5) is 0. The van der Waals surface area contributed by atoms with Crippen LogP contribution in [0, 0.1) is 23.6 Å². The second-order valence-corrected chi connectivity index (χ2v) is 9.27. The van der Waals surface area contributed by atoms with Crippen molar-refractivity contribution in [2.75, 3.05) is 6.61 Å². The molecule has 2 heteroatoms. The quantitative estimate of drug-likeness (QED) is 0.428. The molecule has 31 heavy (non-hydrogen) atoms. The fraction of sp³-hybridized carbons (Fsp3) is 0.448. The Hall–Kier alpha value is -2.35. The van der Waals surface area contributed by atoms with E-state index >= 15 is 4.39 Å². The lowest BCUT2D eigenvalue weighted by Gasteiger charge is -2.41. The van der Waals surface area contributed by atoms with Gasteiger partial charge in [-0.25, -0.2) is 4.39 Å². The first kappa shape index (κ1) is 21.9. The van der Waals surface area contributed by atoms with Crippen molar-refractivity contribution in [3.63, 3.8) is 0 Å². The summed E-state index contributed by atoms with van der Waals surface area (Å²) in [6, 6.07) is 13.6. The van der Waals surface area contributed by atoms with Crippen LogP contribution in [0.4, 0.5) is 4.39 Å². The van der Waals surface area contributed by atoms with Gasteiger partial charge in [0.25, 0.3) is 0 Å². The molecule has 0 aliphatic heterocycles. The van der Waals surface area contributed by atoms with Crippen molar-refractivity contribution in [1.29, 1.82) is 0 Å². The Morgan fingerprint density at radius 2 is 1.68 bits per heavy atom. The minimum atomic E-state index is -0.112. The maximum Gasteiger partial charge on any atom is 0.131 e. The third-order valence-corrected chi connectivity index (χ3v) is 7.33. The average molecular weight is 419 g/mol. The van der Waals surface area contributed by atoms with Crippen molar-refractivity contribution < 1.29 is 9.13 Å². The summed E-state index contributed by atoms with van der Waals surface area (Å²) < 4.78 is 20.7. The van der Waals surface area contributed by atoms with Crippen molar-refractivity contribution in [3.05, 3.63) is 78.1 Å². The van der Waals surface area contributed by atoms with Crippen molar-refractivity contribution in [1.82, 2.24) is 0 Å². The van der Waals surface area contributed by atoms with Crippen LogP contribution in [0.2, 0.25) is 0 Å². The van der Waals surface area contributed by atoms with E-state index in [-0.39, 0.29) is 5.82 Å². The van der Waals surface area contributed by atoms with Gasteiger partial charge in [0.05, 0.1) is 0 Å². The molecule has 2 aromatic rings. The van der Waals surface area contributed by atoms with E-state index in [1.165, 1.54) is 44.1 Å². The maximum atomic E-state index is 15.1. The Balaban J connectivity index is 1.41. The van der Waals surface area contributed by atoms with Gasteiger partial charge in [0.1, 0.15) is 18.2 Å². The van der Waals surface area contributed by atoms with Gasteiger partial charge in [0.15, 0.2) is 0 Å². The van der Waals surface area contributed by atoms with E-state index in [2.05, 4.69) is 25.1 Å². The summed E-state index contributed by atoms with van der Waals surface area (Å²) in [6.45, 7) is 4.66. The summed E-state index contributed by atoms with van der Waals surface area (Å²) in [5.41, 5.74) is 2.75. The van der Waals surface area contributed by atoms with Crippen LogP contribution >= 0.6 is 0 Å². The third-order valence-electron chi connectivity index (χ3n) is 7.33. The number of fused-ring (bicyclic) bond motifs is 1.